The molecule has 1 aromatic rings. The fourth-order valence-electron chi connectivity index (χ4n) is 2.26. The van der Waals surface area contributed by atoms with Gasteiger partial charge < -0.3 is 10.4 Å². The molecule has 0 bridgehead atoms. The van der Waals surface area contributed by atoms with Gasteiger partial charge in [-0.25, -0.2) is 0 Å². The molecule has 2 N–H and O–H groups in total. The van der Waals surface area contributed by atoms with Crippen molar-refractivity contribution < 1.29 is 9.90 Å². The van der Waals surface area contributed by atoms with E-state index >= 15 is 0 Å². The highest BCUT2D eigenvalue weighted by atomic mass is 32.1. The molecule has 1 fully saturated rings. The number of carbonyl (C=O) groups excluding carboxylic acids is 1. The van der Waals surface area contributed by atoms with E-state index in [2.05, 4.69) is 5.32 Å². The Labute approximate surface area is 106 Å². The largest absolute Gasteiger partial charge is 0.391 e. The van der Waals surface area contributed by atoms with Gasteiger partial charge in [0.15, 0.2) is 0 Å². The monoisotopic (exact) mass is 253 g/mol. The third-order valence-corrected chi connectivity index (χ3v) is 4.20. The predicted molar refractivity (Wildman–Crippen MR) is 69.1 cm³/mol. The van der Waals surface area contributed by atoms with Crippen LogP contribution in [-0.2, 0) is 4.79 Å². The summed E-state index contributed by atoms with van der Waals surface area (Å²) in [6, 6.07) is 1.92. The lowest BCUT2D eigenvalue weighted by Crippen LogP contribution is -2.46. The summed E-state index contributed by atoms with van der Waals surface area (Å²) in [6.45, 7) is 1.91. The quantitative estimate of drug-likeness (QED) is 0.868. The molecule has 3 nitrogen and oxygen atoms in total. The first-order valence-electron chi connectivity index (χ1n) is 6.19. The van der Waals surface area contributed by atoms with Crippen molar-refractivity contribution in [3.8, 4) is 0 Å². The van der Waals surface area contributed by atoms with Crippen molar-refractivity contribution in [1.29, 1.82) is 0 Å². The summed E-state index contributed by atoms with van der Waals surface area (Å²) in [7, 11) is 0. The molecule has 3 unspecified atom stereocenters. The maximum Gasteiger partial charge on any atom is 0.227 e. The fourth-order valence-corrected chi connectivity index (χ4v) is 3.01. The second-order valence-corrected chi connectivity index (χ2v) is 5.53. The van der Waals surface area contributed by atoms with E-state index in [0.29, 0.717) is 0 Å². The molecule has 1 heterocycles. The van der Waals surface area contributed by atoms with Gasteiger partial charge in [-0.2, -0.15) is 11.3 Å². The molecule has 0 saturated heterocycles. The van der Waals surface area contributed by atoms with Crippen LogP contribution >= 0.6 is 11.3 Å². The van der Waals surface area contributed by atoms with Crippen LogP contribution in [0.3, 0.4) is 0 Å². The van der Waals surface area contributed by atoms with Crippen molar-refractivity contribution in [1.82, 2.24) is 5.32 Å². The van der Waals surface area contributed by atoms with Crippen LogP contribution in [0.5, 0.6) is 0 Å². The SMILES string of the molecule is CC(C(=O)NC1CCCCC1O)c1ccsc1. The van der Waals surface area contributed by atoms with Crippen LogP contribution < -0.4 is 5.32 Å². The summed E-state index contributed by atoms with van der Waals surface area (Å²) < 4.78 is 0. The minimum atomic E-state index is -0.373. The number of aliphatic hydroxyl groups excluding tert-OH is 1. The summed E-state index contributed by atoms with van der Waals surface area (Å²) in [5, 5.41) is 16.8. The molecule has 0 aliphatic heterocycles. The Morgan fingerprint density at radius 2 is 2.29 bits per heavy atom. The zero-order chi connectivity index (χ0) is 12.3. The molecule has 17 heavy (non-hydrogen) atoms. The molecule has 1 aliphatic rings. The third kappa shape index (κ3) is 3.07. The average molecular weight is 253 g/mol. The number of rotatable bonds is 3. The van der Waals surface area contributed by atoms with Gasteiger partial charge in [0.05, 0.1) is 18.1 Å². The van der Waals surface area contributed by atoms with E-state index in [1.165, 1.54) is 0 Å². The lowest BCUT2D eigenvalue weighted by atomic mass is 9.92. The number of hydrogen-bond acceptors (Lipinski definition) is 3. The molecular formula is C13H19NO2S. The van der Waals surface area contributed by atoms with Gasteiger partial charge >= 0.3 is 0 Å². The van der Waals surface area contributed by atoms with E-state index in [9.17, 15) is 9.90 Å². The lowest BCUT2D eigenvalue weighted by Gasteiger charge is -2.29. The maximum atomic E-state index is 12.0. The molecule has 1 aliphatic carbocycles. The number of amides is 1. The highest BCUT2D eigenvalue weighted by Crippen LogP contribution is 2.21. The second kappa shape index (κ2) is 5.65. The van der Waals surface area contributed by atoms with Crippen LogP contribution in [0, 0.1) is 0 Å². The van der Waals surface area contributed by atoms with Gasteiger partial charge in [-0.3, -0.25) is 4.79 Å². The summed E-state index contributed by atoms with van der Waals surface area (Å²) in [6.07, 6.45) is 3.48. The first-order valence-corrected chi connectivity index (χ1v) is 7.13. The Hall–Kier alpha value is -0.870. The Morgan fingerprint density at radius 1 is 1.53 bits per heavy atom. The normalized spacial score (nSPS) is 26.5. The Balaban J connectivity index is 1.92. The van der Waals surface area contributed by atoms with E-state index in [-0.39, 0.29) is 24.0 Å². The number of thiophene rings is 1. The molecule has 0 radical (unpaired) electrons. The summed E-state index contributed by atoms with van der Waals surface area (Å²) in [5.74, 6) is -0.107. The van der Waals surface area contributed by atoms with E-state index in [1.807, 2.05) is 23.8 Å². The van der Waals surface area contributed by atoms with E-state index in [1.54, 1.807) is 11.3 Å². The molecule has 0 spiro atoms. The summed E-state index contributed by atoms with van der Waals surface area (Å²) in [4.78, 5) is 12.0. The number of carbonyl (C=O) groups is 1. The molecule has 3 atom stereocenters. The van der Waals surface area contributed by atoms with Crippen molar-refractivity contribution in [2.75, 3.05) is 0 Å². The predicted octanol–water partition coefficient (Wildman–Crippen LogP) is 2.27. The molecule has 0 aromatic carbocycles. The second-order valence-electron chi connectivity index (χ2n) is 4.75. The molecule has 1 saturated carbocycles. The van der Waals surface area contributed by atoms with E-state index in [0.717, 1.165) is 31.2 Å². The topological polar surface area (TPSA) is 49.3 Å². The van der Waals surface area contributed by atoms with Crippen LogP contribution in [0.2, 0.25) is 0 Å². The standard InChI is InChI=1S/C13H19NO2S/c1-9(10-6-7-17-8-10)13(16)14-11-4-2-3-5-12(11)15/h6-9,11-12,15H,2-5H2,1H3,(H,14,16). The smallest absolute Gasteiger partial charge is 0.227 e. The van der Waals surface area contributed by atoms with Crippen molar-refractivity contribution in [2.45, 2.75) is 50.7 Å². The minimum absolute atomic E-state index is 0.0225. The molecule has 94 valence electrons. The zero-order valence-electron chi connectivity index (χ0n) is 10.1. The average Bonchev–Trinajstić information content (AvgIpc) is 2.84. The van der Waals surface area contributed by atoms with Crippen molar-refractivity contribution in [2.24, 2.45) is 0 Å². The van der Waals surface area contributed by atoms with Crippen LogP contribution in [0.4, 0.5) is 0 Å². The van der Waals surface area contributed by atoms with Crippen LogP contribution in [0.25, 0.3) is 0 Å². The van der Waals surface area contributed by atoms with Gasteiger partial charge in [-0.05, 0) is 42.2 Å². The number of hydrogen-bond donors (Lipinski definition) is 2. The highest BCUT2D eigenvalue weighted by Gasteiger charge is 2.26. The van der Waals surface area contributed by atoms with Crippen LogP contribution in [-0.4, -0.2) is 23.2 Å². The third-order valence-electron chi connectivity index (χ3n) is 3.49. The van der Waals surface area contributed by atoms with E-state index < -0.39 is 0 Å². The van der Waals surface area contributed by atoms with Gasteiger partial charge in [0.1, 0.15) is 0 Å². The van der Waals surface area contributed by atoms with Gasteiger partial charge in [-0.15, -0.1) is 0 Å². The van der Waals surface area contributed by atoms with Crippen molar-refractivity contribution in [3.05, 3.63) is 22.4 Å². The van der Waals surface area contributed by atoms with E-state index in [4.69, 9.17) is 0 Å². The first-order chi connectivity index (χ1) is 8.18. The van der Waals surface area contributed by atoms with Gasteiger partial charge in [-0.1, -0.05) is 12.8 Å². The highest BCUT2D eigenvalue weighted by molar-refractivity contribution is 7.08. The van der Waals surface area contributed by atoms with Crippen molar-refractivity contribution in [3.63, 3.8) is 0 Å². The van der Waals surface area contributed by atoms with Gasteiger partial charge in [0, 0.05) is 0 Å². The lowest BCUT2D eigenvalue weighted by molar-refractivity contribution is -0.124. The summed E-state index contributed by atoms with van der Waals surface area (Å²) >= 11 is 1.60. The van der Waals surface area contributed by atoms with Gasteiger partial charge in [0.25, 0.3) is 0 Å². The van der Waals surface area contributed by atoms with Crippen LogP contribution in [0.15, 0.2) is 16.8 Å². The Bertz CT molecular complexity index is 364. The minimum Gasteiger partial charge on any atom is -0.391 e. The zero-order valence-corrected chi connectivity index (χ0v) is 10.9. The Kier molecular flexibility index (Phi) is 4.18. The molecule has 4 heteroatoms. The number of aliphatic hydroxyl groups is 1. The molecule has 1 aromatic heterocycles. The molecular weight excluding hydrogens is 234 g/mol. The summed E-state index contributed by atoms with van der Waals surface area (Å²) in [5.41, 5.74) is 1.05. The fraction of sp³-hybridized carbons (Fsp3) is 0.615. The Morgan fingerprint density at radius 3 is 2.94 bits per heavy atom. The first kappa shape index (κ1) is 12.6. The van der Waals surface area contributed by atoms with Crippen molar-refractivity contribution >= 4 is 17.2 Å². The van der Waals surface area contributed by atoms with Crippen LogP contribution in [0.1, 0.15) is 44.1 Å². The van der Waals surface area contributed by atoms with Gasteiger partial charge in [0.2, 0.25) is 5.91 Å². The molecule has 2 rings (SSSR count). The molecule has 1 amide bonds. The maximum absolute atomic E-state index is 12.0. The number of nitrogens with one attached hydrogen (secondary N) is 1.